The van der Waals surface area contributed by atoms with Crippen LogP contribution in [0.2, 0.25) is 0 Å². The highest BCUT2D eigenvalue weighted by molar-refractivity contribution is 5.85. The minimum atomic E-state index is -0.534. The fraction of sp³-hybridized carbons (Fsp3) is 0.316. The molecular formula is C19H23NO4. The molecule has 0 aromatic heterocycles. The molecule has 0 radical (unpaired) electrons. The van der Waals surface area contributed by atoms with Crippen molar-refractivity contribution in [1.29, 1.82) is 0 Å². The number of methoxy groups -OCH3 is 2. The Balaban J connectivity index is 2.18. The fourth-order valence-corrected chi connectivity index (χ4v) is 2.33. The van der Waals surface area contributed by atoms with Gasteiger partial charge in [-0.3, -0.25) is 5.32 Å². The second-order valence-corrected chi connectivity index (χ2v) is 5.38. The zero-order valence-electron chi connectivity index (χ0n) is 14.5. The van der Waals surface area contributed by atoms with E-state index in [4.69, 9.17) is 9.47 Å². The summed E-state index contributed by atoms with van der Waals surface area (Å²) in [6.45, 7) is 4.48. The average molecular weight is 329 g/mol. The average Bonchev–Trinajstić information content (AvgIpc) is 2.61. The van der Waals surface area contributed by atoms with Crippen molar-refractivity contribution in [2.75, 3.05) is 19.5 Å². The monoisotopic (exact) mass is 329 g/mol. The Bertz CT molecular complexity index is 713. The van der Waals surface area contributed by atoms with Gasteiger partial charge in [0.25, 0.3) is 0 Å². The van der Waals surface area contributed by atoms with E-state index >= 15 is 0 Å². The van der Waals surface area contributed by atoms with Gasteiger partial charge in [0.15, 0.2) is 0 Å². The van der Waals surface area contributed by atoms with Crippen LogP contribution in [0.4, 0.5) is 10.5 Å². The van der Waals surface area contributed by atoms with Gasteiger partial charge in [-0.15, -0.1) is 0 Å². The quantitative estimate of drug-likeness (QED) is 0.857. The molecule has 0 saturated carbocycles. The fourth-order valence-electron chi connectivity index (χ4n) is 2.33. The number of amides is 1. The first kappa shape index (κ1) is 17.7. The van der Waals surface area contributed by atoms with Crippen LogP contribution in [-0.4, -0.2) is 20.3 Å². The third-order valence-electron chi connectivity index (χ3n) is 3.77. The Morgan fingerprint density at radius 3 is 2.54 bits per heavy atom. The third kappa shape index (κ3) is 4.41. The molecule has 2 aromatic carbocycles. The summed E-state index contributed by atoms with van der Waals surface area (Å²) in [5.41, 5.74) is 3.80. The first-order valence-corrected chi connectivity index (χ1v) is 7.81. The number of anilines is 1. The van der Waals surface area contributed by atoms with E-state index < -0.39 is 6.09 Å². The number of carbonyl (C=O) groups is 1. The van der Waals surface area contributed by atoms with Crippen molar-refractivity contribution in [3.63, 3.8) is 0 Å². The normalized spacial score (nSPS) is 10.2. The largest absolute Gasteiger partial charge is 0.497 e. The smallest absolute Gasteiger partial charge is 0.411 e. The van der Waals surface area contributed by atoms with Gasteiger partial charge in [0.2, 0.25) is 0 Å². The van der Waals surface area contributed by atoms with Crippen LogP contribution in [0.1, 0.15) is 23.6 Å². The molecule has 0 aliphatic carbocycles. The Morgan fingerprint density at radius 1 is 1.12 bits per heavy atom. The van der Waals surface area contributed by atoms with Crippen LogP contribution in [0.5, 0.6) is 11.5 Å². The van der Waals surface area contributed by atoms with E-state index in [9.17, 15) is 4.79 Å². The minimum absolute atomic E-state index is 0.329. The van der Waals surface area contributed by atoms with Crippen molar-refractivity contribution in [3.05, 3.63) is 53.1 Å². The maximum atomic E-state index is 11.5. The van der Waals surface area contributed by atoms with Crippen molar-refractivity contribution in [1.82, 2.24) is 0 Å². The molecule has 5 nitrogen and oxygen atoms in total. The summed E-state index contributed by atoms with van der Waals surface area (Å²) in [5, 5.41) is 2.68. The highest BCUT2D eigenvalue weighted by Gasteiger charge is 2.10. The van der Waals surface area contributed by atoms with Crippen LogP contribution >= 0.6 is 0 Å². The summed E-state index contributed by atoms with van der Waals surface area (Å²) < 4.78 is 15.8. The second-order valence-electron chi connectivity index (χ2n) is 5.38. The van der Waals surface area contributed by atoms with Crippen molar-refractivity contribution in [2.24, 2.45) is 0 Å². The molecule has 0 aliphatic heterocycles. The molecule has 0 spiro atoms. The first-order valence-electron chi connectivity index (χ1n) is 7.81. The number of carbonyl (C=O) groups excluding carboxylic acids is 1. The second kappa shape index (κ2) is 8.24. The lowest BCUT2D eigenvalue weighted by molar-refractivity contribution is 0.187. The van der Waals surface area contributed by atoms with E-state index in [0.717, 1.165) is 23.3 Å². The molecular weight excluding hydrogens is 306 g/mol. The van der Waals surface area contributed by atoms with E-state index in [-0.39, 0.29) is 0 Å². The van der Waals surface area contributed by atoms with Crippen LogP contribution < -0.4 is 14.8 Å². The summed E-state index contributed by atoms with van der Waals surface area (Å²) in [5.74, 6) is 1.47. The number of aryl methyl sites for hydroxylation is 2. The Hall–Kier alpha value is -2.69. The standard InChI is InChI=1S/C19H23NO4/c1-5-14-6-9-18(13(2)10-14)24-12-15-7-8-16(22-3)11-17(15)20-19(21)23-4/h6-11H,5,12H2,1-4H3,(H,20,21). The van der Waals surface area contributed by atoms with Gasteiger partial charge in [-0.25, -0.2) is 4.79 Å². The maximum Gasteiger partial charge on any atom is 0.411 e. The van der Waals surface area contributed by atoms with Crippen molar-refractivity contribution in [2.45, 2.75) is 26.9 Å². The van der Waals surface area contributed by atoms with Gasteiger partial charge in [-0.2, -0.15) is 0 Å². The van der Waals surface area contributed by atoms with Gasteiger partial charge >= 0.3 is 6.09 Å². The third-order valence-corrected chi connectivity index (χ3v) is 3.77. The topological polar surface area (TPSA) is 56.8 Å². The molecule has 0 atom stereocenters. The van der Waals surface area contributed by atoms with Gasteiger partial charge in [-0.1, -0.05) is 19.1 Å². The molecule has 0 heterocycles. The molecule has 0 saturated heterocycles. The molecule has 0 unspecified atom stereocenters. The van der Waals surface area contributed by atoms with Crippen LogP contribution in [0, 0.1) is 6.92 Å². The van der Waals surface area contributed by atoms with E-state index in [1.54, 1.807) is 13.2 Å². The summed E-state index contributed by atoms with van der Waals surface area (Å²) in [7, 11) is 2.90. The molecule has 0 aliphatic rings. The SMILES string of the molecule is CCc1ccc(OCc2ccc(OC)cc2NC(=O)OC)c(C)c1. The summed E-state index contributed by atoms with van der Waals surface area (Å²) in [6.07, 6.45) is 0.459. The molecule has 24 heavy (non-hydrogen) atoms. The van der Waals surface area contributed by atoms with E-state index in [1.807, 2.05) is 25.1 Å². The Morgan fingerprint density at radius 2 is 1.92 bits per heavy atom. The zero-order valence-corrected chi connectivity index (χ0v) is 14.5. The number of rotatable bonds is 6. The van der Waals surface area contributed by atoms with Gasteiger partial charge < -0.3 is 14.2 Å². The lowest BCUT2D eigenvalue weighted by Crippen LogP contribution is -2.13. The minimum Gasteiger partial charge on any atom is -0.497 e. The van der Waals surface area contributed by atoms with Crippen LogP contribution in [0.3, 0.4) is 0 Å². The van der Waals surface area contributed by atoms with Crippen molar-refractivity contribution in [3.8, 4) is 11.5 Å². The molecule has 128 valence electrons. The van der Waals surface area contributed by atoms with E-state index in [1.165, 1.54) is 12.7 Å². The number of hydrogen-bond donors (Lipinski definition) is 1. The van der Waals surface area contributed by atoms with Crippen LogP contribution in [-0.2, 0) is 17.8 Å². The van der Waals surface area contributed by atoms with Crippen molar-refractivity contribution >= 4 is 11.8 Å². The van der Waals surface area contributed by atoms with Crippen molar-refractivity contribution < 1.29 is 19.0 Å². The maximum absolute atomic E-state index is 11.5. The van der Waals surface area contributed by atoms with Gasteiger partial charge in [0.1, 0.15) is 18.1 Å². The highest BCUT2D eigenvalue weighted by atomic mass is 16.5. The number of benzene rings is 2. The molecule has 5 heteroatoms. The predicted octanol–water partition coefficient (Wildman–Crippen LogP) is 4.32. The lowest BCUT2D eigenvalue weighted by atomic mass is 10.1. The summed E-state index contributed by atoms with van der Waals surface area (Å²) in [6, 6.07) is 11.6. The Labute approximate surface area is 142 Å². The van der Waals surface area contributed by atoms with E-state index in [2.05, 4.69) is 29.1 Å². The first-order chi connectivity index (χ1) is 11.6. The molecule has 1 amide bonds. The molecule has 2 rings (SSSR count). The molecule has 0 bridgehead atoms. The Kier molecular flexibility index (Phi) is 6.07. The number of nitrogens with one attached hydrogen (secondary N) is 1. The van der Waals surface area contributed by atoms with Crippen LogP contribution in [0.25, 0.3) is 0 Å². The highest BCUT2D eigenvalue weighted by Crippen LogP contribution is 2.26. The van der Waals surface area contributed by atoms with E-state index in [0.29, 0.717) is 18.0 Å². The number of hydrogen-bond acceptors (Lipinski definition) is 4. The molecule has 2 aromatic rings. The lowest BCUT2D eigenvalue weighted by Gasteiger charge is -2.14. The predicted molar refractivity (Wildman–Crippen MR) is 93.9 cm³/mol. The van der Waals surface area contributed by atoms with Crippen LogP contribution in [0.15, 0.2) is 36.4 Å². The number of ether oxygens (including phenoxy) is 3. The summed E-state index contributed by atoms with van der Waals surface area (Å²) >= 11 is 0. The van der Waals surface area contributed by atoms with Gasteiger partial charge in [0, 0.05) is 11.6 Å². The van der Waals surface area contributed by atoms with Gasteiger partial charge in [0.05, 0.1) is 19.9 Å². The molecule has 0 fully saturated rings. The molecule has 1 N–H and O–H groups in total. The van der Waals surface area contributed by atoms with Gasteiger partial charge in [-0.05, 0) is 42.7 Å². The zero-order chi connectivity index (χ0) is 17.5. The summed E-state index contributed by atoms with van der Waals surface area (Å²) in [4.78, 5) is 11.5.